The second-order valence-electron chi connectivity index (χ2n) is 5.83. The van der Waals surface area contributed by atoms with Gasteiger partial charge >= 0.3 is 0 Å². The normalized spacial score (nSPS) is 16.4. The van der Waals surface area contributed by atoms with Gasteiger partial charge in [0.2, 0.25) is 0 Å². The molecule has 136 valence electrons. The van der Waals surface area contributed by atoms with Crippen LogP contribution in [0.15, 0.2) is 97.8 Å². The third-order valence-electron chi connectivity index (χ3n) is 3.88. The van der Waals surface area contributed by atoms with Crippen molar-refractivity contribution in [2.24, 2.45) is 5.73 Å². The van der Waals surface area contributed by atoms with E-state index < -0.39 is 0 Å². The van der Waals surface area contributed by atoms with Gasteiger partial charge in [0.05, 0.1) is 4.90 Å². The first-order valence-electron chi connectivity index (χ1n) is 8.39. The average molecular weight is 411 g/mol. The number of allylic oxidation sites excluding steroid dienone is 1. The first-order chi connectivity index (χ1) is 13.2. The Bertz CT molecular complexity index is 948. The molecule has 0 saturated heterocycles. The van der Waals surface area contributed by atoms with Gasteiger partial charge in [-0.1, -0.05) is 59.6 Å². The number of nitrogens with two attached hydrogens (primary N) is 1. The second kappa shape index (κ2) is 8.39. The Morgan fingerprint density at radius 2 is 1.81 bits per heavy atom. The molecule has 1 aliphatic rings. The maximum Gasteiger partial charge on any atom is 0.148 e. The monoisotopic (exact) mass is 410 g/mol. The largest absolute Gasteiger partial charge is 0.303 e. The van der Waals surface area contributed by atoms with Gasteiger partial charge < -0.3 is 10.6 Å². The van der Waals surface area contributed by atoms with Crippen LogP contribution in [-0.4, -0.2) is 15.5 Å². The summed E-state index contributed by atoms with van der Waals surface area (Å²) < 4.78 is 0. The van der Waals surface area contributed by atoms with E-state index in [1.54, 1.807) is 41.5 Å². The molecule has 7 heteroatoms. The van der Waals surface area contributed by atoms with E-state index in [1.165, 1.54) is 4.90 Å². The number of aromatic nitrogens is 2. The van der Waals surface area contributed by atoms with Crippen LogP contribution in [0.5, 0.6) is 0 Å². The van der Waals surface area contributed by atoms with Gasteiger partial charge in [-0.05, 0) is 42.7 Å². The van der Waals surface area contributed by atoms with Crippen molar-refractivity contribution in [3.8, 4) is 0 Å². The van der Waals surface area contributed by atoms with Crippen molar-refractivity contribution in [2.75, 3.05) is 4.90 Å². The zero-order chi connectivity index (χ0) is 18.6. The van der Waals surface area contributed by atoms with Gasteiger partial charge in [-0.25, -0.2) is 9.97 Å². The Balaban J connectivity index is 1.71. The zero-order valence-corrected chi connectivity index (χ0v) is 17.1. The summed E-state index contributed by atoms with van der Waals surface area (Å²) in [5, 5.41) is 3.03. The van der Waals surface area contributed by atoms with Crippen molar-refractivity contribution in [2.45, 2.75) is 32.1 Å². The van der Waals surface area contributed by atoms with Crippen LogP contribution in [0, 0.1) is 0 Å². The Labute approximate surface area is 171 Å². The van der Waals surface area contributed by atoms with Crippen LogP contribution in [-0.2, 0) is 0 Å². The summed E-state index contributed by atoms with van der Waals surface area (Å²) in [7, 11) is 0. The first kappa shape index (κ1) is 18.4. The first-order valence-corrected chi connectivity index (χ1v) is 11.0. The molecule has 0 amide bonds. The fourth-order valence-electron chi connectivity index (χ4n) is 2.65. The molecule has 3 aromatic rings. The zero-order valence-electron chi connectivity index (χ0n) is 14.6. The lowest BCUT2D eigenvalue weighted by atomic mass is 10.4. The number of hydrogen-bond acceptors (Lipinski definition) is 7. The number of nitrogens with zero attached hydrogens (tertiary/aromatic N) is 3. The molecule has 2 N–H and O–H groups in total. The molecular formula is C20H18N4S3. The van der Waals surface area contributed by atoms with Gasteiger partial charge in [-0.2, -0.15) is 0 Å². The Morgan fingerprint density at radius 3 is 2.52 bits per heavy atom. The van der Waals surface area contributed by atoms with Crippen LogP contribution in [0.1, 0.15) is 6.92 Å². The molecule has 0 fully saturated rings. The van der Waals surface area contributed by atoms with Crippen LogP contribution in [0.3, 0.4) is 0 Å². The average Bonchev–Trinajstić information content (AvgIpc) is 3.02. The molecule has 3 heterocycles. The number of rotatable bonds is 5. The van der Waals surface area contributed by atoms with Crippen molar-refractivity contribution in [3.05, 3.63) is 78.1 Å². The molecule has 0 bridgehead atoms. The molecule has 0 aliphatic carbocycles. The molecule has 2 aromatic heterocycles. The third-order valence-corrected chi connectivity index (χ3v) is 6.78. The summed E-state index contributed by atoms with van der Waals surface area (Å²) in [6.07, 6.45) is 3.70. The van der Waals surface area contributed by atoms with Crippen LogP contribution in [0.4, 0.5) is 5.82 Å². The lowest BCUT2D eigenvalue weighted by Gasteiger charge is -2.26. The summed E-state index contributed by atoms with van der Waals surface area (Å²) in [4.78, 5) is 14.6. The smallest absolute Gasteiger partial charge is 0.148 e. The maximum absolute atomic E-state index is 6.30. The molecule has 1 atom stereocenters. The predicted molar refractivity (Wildman–Crippen MR) is 115 cm³/mol. The number of benzene rings is 1. The third kappa shape index (κ3) is 4.32. The fourth-order valence-corrected chi connectivity index (χ4v) is 5.32. The second-order valence-corrected chi connectivity index (χ2v) is 9.03. The van der Waals surface area contributed by atoms with Gasteiger partial charge in [0.15, 0.2) is 0 Å². The molecule has 0 spiro atoms. The quantitative estimate of drug-likeness (QED) is 0.601. The topological polar surface area (TPSA) is 55.0 Å². The molecule has 4 nitrogen and oxygen atoms in total. The molecule has 27 heavy (non-hydrogen) atoms. The van der Waals surface area contributed by atoms with Gasteiger partial charge in [0, 0.05) is 27.9 Å². The van der Waals surface area contributed by atoms with E-state index in [4.69, 9.17) is 10.7 Å². The lowest BCUT2D eigenvalue weighted by Crippen LogP contribution is -2.35. The molecule has 0 saturated carbocycles. The van der Waals surface area contributed by atoms with Gasteiger partial charge in [-0.3, -0.25) is 0 Å². The van der Waals surface area contributed by atoms with E-state index in [9.17, 15) is 0 Å². The highest BCUT2D eigenvalue weighted by molar-refractivity contribution is 8.03. The minimum absolute atomic E-state index is 0.151. The van der Waals surface area contributed by atoms with Crippen LogP contribution in [0.25, 0.3) is 0 Å². The Hall–Kier alpha value is -1.93. The minimum atomic E-state index is -0.151. The molecule has 0 radical (unpaired) electrons. The van der Waals surface area contributed by atoms with E-state index in [1.807, 2.05) is 42.6 Å². The van der Waals surface area contributed by atoms with Crippen molar-refractivity contribution >= 4 is 41.1 Å². The minimum Gasteiger partial charge on any atom is -0.303 e. The molecule has 4 rings (SSSR count). The van der Waals surface area contributed by atoms with Gasteiger partial charge in [-0.15, -0.1) is 0 Å². The standard InChI is InChI=1S/C20H18N4S3/c1-14-13-25-20(21)24(14)19-17(26-15-7-3-2-4-8-15)11-16(12-23-19)27-18-9-5-6-10-22-18/h2-13,20H,21H2,1H3. The Morgan fingerprint density at radius 1 is 1.00 bits per heavy atom. The SMILES string of the molecule is CC1=CSC(N)N1c1ncc(Sc2ccccn2)cc1Sc1ccccc1. The van der Waals surface area contributed by atoms with Gasteiger partial charge in [0.1, 0.15) is 16.3 Å². The van der Waals surface area contributed by atoms with Crippen LogP contribution < -0.4 is 10.6 Å². The van der Waals surface area contributed by atoms with Crippen molar-refractivity contribution in [3.63, 3.8) is 0 Å². The molecule has 1 aliphatic heterocycles. The molecular weight excluding hydrogens is 392 g/mol. The van der Waals surface area contributed by atoms with Crippen molar-refractivity contribution in [1.29, 1.82) is 0 Å². The highest BCUT2D eigenvalue weighted by Crippen LogP contribution is 2.41. The highest BCUT2D eigenvalue weighted by atomic mass is 32.2. The predicted octanol–water partition coefficient (Wildman–Crippen LogP) is 5.44. The summed E-state index contributed by atoms with van der Waals surface area (Å²) in [5.74, 6) is 0.889. The summed E-state index contributed by atoms with van der Waals surface area (Å²) in [6, 6.07) is 18.4. The molecule has 1 aromatic carbocycles. The van der Waals surface area contributed by atoms with E-state index in [0.29, 0.717) is 0 Å². The van der Waals surface area contributed by atoms with Crippen LogP contribution in [0.2, 0.25) is 0 Å². The molecule has 1 unspecified atom stereocenters. The number of anilines is 1. The van der Waals surface area contributed by atoms with E-state index >= 15 is 0 Å². The van der Waals surface area contributed by atoms with E-state index in [-0.39, 0.29) is 5.50 Å². The Kier molecular flexibility index (Phi) is 5.73. The number of thioether (sulfide) groups is 1. The van der Waals surface area contributed by atoms with Crippen molar-refractivity contribution in [1.82, 2.24) is 9.97 Å². The highest BCUT2D eigenvalue weighted by Gasteiger charge is 2.26. The summed E-state index contributed by atoms with van der Waals surface area (Å²) >= 11 is 4.92. The number of hydrogen-bond donors (Lipinski definition) is 1. The van der Waals surface area contributed by atoms with E-state index in [0.717, 1.165) is 26.3 Å². The summed E-state index contributed by atoms with van der Waals surface area (Å²) in [6.45, 7) is 2.06. The summed E-state index contributed by atoms with van der Waals surface area (Å²) in [5.41, 5.74) is 7.26. The lowest BCUT2D eigenvalue weighted by molar-refractivity contribution is 0.848. The van der Waals surface area contributed by atoms with Crippen molar-refractivity contribution < 1.29 is 0 Å². The fraction of sp³-hybridized carbons (Fsp3) is 0.100. The van der Waals surface area contributed by atoms with Crippen LogP contribution >= 0.6 is 35.3 Å². The number of pyridine rings is 2. The van der Waals surface area contributed by atoms with Gasteiger partial charge in [0.25, 0.3) is 0 Å². The van der Waals surface area contributed by atoms with E-state index in [2.05, 4.69) is 40.4 Å². The maximum atomic E-state index is 6.30.